The SMILES string of the molecule is Cn1c(N2CC[C@H](NC(=O)c3c4c(nc5ccccc35)/C(=C\c3ccc(Cl)cc3)CC(C(C)(C)C)C4)C2)cc(=O)n(C)c1=O. The molecule has 0 saturated carbocycles. The lowest BCUT2D eigenvalue weighted by Gasteiger charge is -2.37. The second-order valence-corrected chi connectivity index (χ2v) is 13.6. The van der Waals surface area contributed by atoms with Crippen molar-refractivity contribution in [2.24, 2.45) is 25.4 Å². The van der Waals surface area contributed by atoms with Crippen LogP contribution in [0.5, 0.6) is 0 Å². The summed E-state index contributed by atoms with van der Waals surface area (Å²) in [6, 6.07) is 17.0. The van der Waals surface area contributed by atoms with Gasteiger partial charge in [-0.1, -0.05) is 62.7 Å². The number of pyridine rings is 1. The highest BCUT2D eigenvalue weighted by molar-refractivity contribution is 6.30. The lowest BCUT2D eigenvalue weighted by molar-refractivity contribution is 0.0940. The fraction of sp³-hybridized carbons (Fsp3) is 0.371. The molecule has 4 aromatic rings. The molecule has 1 N–H and O–H groups in total. The largest absolute Gasteiger partial charge is 0.356 e. The Morgan fingerprint density at radius 2 is 1.75 bits per heavy atom. The van der Waals surface area contributed by atoms with E-state index < -0.39 is 0 Å². The van der Waals surface area contributed by atoms with Gasteiger partial charge in [0.25, 0.3) is 11.5 Å². The molecule has 1 aliphatic heterocycles. The highest BCUT2D eigenvalue weighted by atomic mass is 35.5. The Morgan fingerprint density at radius 3 is 2.48 bits per heavy atom. The molecule has 1 aliphatic carbocycles. The van der Waals surface area contributed by atoms with Crippen LogP contribution >= 0.6 is 11.6 Å². The third kappa shape index (κ3) is 5.59. The summed E-state index contributed by atoms with van der Waals surface area (Å²) in [5.74, 6) is 0.753. The van der Waals surface area contributed by atoms with Gasteiger partial charge in [0.2, 0.25) is 0 Å². The van der Waals surface area contributed by atoms with E-state index in [1.165, 1.54) is 17.7 Å². The predicted molar refractivity (Wildman–Crippen MR) is 177 cm³/mol. The van der Waals surface area contributed by atoms with Gasteiger partial charge in [0.1, 0.15) is 5.82 Å². The normalized spacial score (nSPS) is 19.4. The third-order valence-electron chi connectivity index (χ3n) is 9.23. The molecule has 2 aromatic heterocycles. The van der Waals surface area contributed by atoms with Crippen LogP contribution in [0.2, 0.25) is 5.02 Å². The van der Waals surface area contributed by atoms with Crippen LogP contribution in [0, 0.1) is 11.3 Å². The first-order valence-electron chi connectivity index (χ1n) is 15.1. The maximum Gasteiger partial charge on any atom is 0.332 e. The van der Waals surface area contributed by atoms with Gasteiger partial charge in [-0.3, -0.25) is 18.7 Å². The molecule has 1 amide bonds. The number of benzene rings is 2. The molecule has 9 heteroatoms. The van der Waals surface area contributed by atoms with E-state index in [1.807, 2.05) is 53.4 Å². The first-order chi connectivity index (χ1) is 20.9. The standard InChI is InChI=1S/C35H38ClN5O3/c1-35(2,3)23-17-22(16-21-10-12-24(36)13-11-21)32-27(18-23)31(26-8-6-7-9-28(26)38-32)33(43)37-25-14-15-41(20-25)29-19-30(42)40(5)34(44)39(29)4/h6-13,16,19,23,25H,14-15,17-18,20H2,1-5H3,(H,37,43)/b22-16-/t23?,25-/m0/s1. The Kier molecular flexibility index (Phi) is 7.74. The molecule has 228 valence electrons. The van der Waals surface area contributed by atoms with Crippen LogP contribution in [0.15, 0.2) is 64.2 Å². The number of hydrogen-bond acceptors (Lipinski definition) is 5. The van der Waals surface area contributed by atoms with Gasteiger partial charge in [-0.25, -0.2) is 9.78 Å². The molecule has 3 heterocycles. The fourth-order valence-corrected chi connectivity index (χ4v) is 6.65. The first kappa shape index (κ1) is 29.9. The lowest BCUT2D eigenvalue weighted by Crippen LogP contribution is -2.41. The zero-order valence-electron chi connectivity index (χ0n) is 25.9. The van der Waals surface area contributed by atoms with E-state index in [4.69, 9.17) is 16.6 Å². The number of allylic oxidation sites excluding steroid dienone is 1. The van der Waals surface area contributed by atoms with Crippen LogP contribution in [0.4, 0.5) is 5.82 Å². The van der Waals surface area contributed by atoms with Crippen molar-refractivity contribution < 1.29 is 4.79 Å². The molecule has 1 fully saturated rings. The van der Waals surface area contributed by atoms with Crippen LogP contribution in [0.3, 0.4) is 0 Å². The van der Waals surface area contributed by atoms with Gasteiger partial charge in [-0.15, -0.1) is 0 Å². The number of fused-ring (bicyclic) bond motifs is 2. The minimum Gasteiger partial charge on any atom is -0.356 e. The smallest absolute Gasteiger partial charge is 0.332 e. The van der Waals surface area contributed by atoms with Crippen molar-refractivity contribution in [1.82, 2.24) is 19.4 Å². The van der Waals surface area contributed by atoms with Gasteiger partial charge in [0.15, 0.2) is 0 Å². The van der Waals surface area contributed by atoms with Crippen LogP contribution in [0.1, 0.15) is 60.8 Å². The molecule has 2 aromatic carbocycles. The third-order valence-corrected chi connectivity index (χ3v) is 9.48. The molecule has 8 nitrogen and oxygen atoms in total. The molecular formula is C35H38ClN5O3. The summed E-state index contributed by atoms with van der Waals surface area (Å²) >= 11 is 6.17. The second-order valence-electron chi connectivity index (χ2n) is 13.2. The number of amides is 1. The maximum atomic E-state index is 14.3. The molecular weight excluding hydrogens is 574 g/mol. The van der Waals surface area contributed by atoms with Gasteiger partial charge < -0.3 is 10.2 Å². The lowest BCUT2D eigenvalue weighted by atomic mass is 9.69. The fourth-order valence-electron chi connectivity index (χ4n) is 6.52. The summed E-state index contributed by atoms with van der Waals surface area (Å²) in [6.45, 7) is 7.90. The minimum atomic E-state index is -0.370. The van der Waals surface area contributed by atoms with Crippen LogP contribution in [-0.4, -0.2) is 39.2 Å². The van der Waals surface area contributed by atoms with Gasteiger partial charge in [-0.2, -0.15) is 0 Å². The van der Waals surface area contributed by atoms with Crippen molar-refractivity contribution in [3.8, 4) is 0 Å². The monoisotopic (exact) mass is 611 g/mol. The summed E-state index contributed by atoms with van der Waals surface area (Å²) in [4.78, 5) is 46.4. The molecule has 2 atom stereocenters. The zero-order chi connectivity index (χ0) is 31.3. The van der Waals surface area contributed by atoms with E-state index >= 15 is 0 Å². The Morgan fingerprint density at radius 1 is 1.02 bits per heavy atom. The Hall–Kier alpha value is -4.17. The number of para-hydroxylation sites is 1. The van der Waals surface area contributed by atoms with E-state index in [0.717, 1.165) is 50.7 Å². The van der Waals surface area contributed by atoms with Crippen LogP contribution in [-0.2, 0) is 20.5 Å². The van der Waals surface area contributed by atoms with Crippen molar-refractivity contribution >= 4 is 45.9 Å². The van der Waals surface area contributed by atoms with E-state index in [9.17, 15) is 14.4 Å². The number of carbonyl (C=O) groups is 1. The highest BCUT2D eigenvalue weighted by Crippen LogP contribution is 2.44. The number of nitrogens with zero attached hydrogens (tertiary/aromatic N) is 4. The predicted octanol–water partition coefficient (Wildman–Crippen LogP) is 5.44. The van der Waals surface area contributed by atoms with Crippen molar-refractivity contribution in [3.05, 3.63) is 103 Å². The minimum absolute atomic E-state index is 0.0187. The highest BCUT2D eigenvalue weighted by Gasteiger charge is 2.36. The summed E-state index contributed by atoms with van der Waals surface area (Å²) in [5.41, 5.74) is 4.80. The number of hydrogen-bond donors (Lipinski definition) is 1. The summed E-state index contributed by atoms with van der Waals surface area (Å²) < 4.78 is 2.58. The number of anilines is 1. The van der Waals surface area contributed by atoms with Crippen molar-refractivity contribution in [3.63, 3.8) is 0 Å². The maximum absolute atomic E-state index is 14.3. The summed E-state index contributed by atoms with van der Waals surface area (Å²) in [5, 5.41) is 4.84. The number of aromatic nitrogens is 3. The second kappa shape index (κ2) is 11.4. The summed E-state index contributed by atoms with van der Waals surface area (Å²) in [7, 11) is 3.14. The van der Waals surface area contributed by atoms with Gasteiger partial charge in [0, 0.05) is 49.7 Å². The molecule has 1 saturated heterocycles. The zero-order valence-corrected chi connectivity index (χ0v) is 26.6. The molecule has 2 aliphatic rings. The van der Waals surface area contributed by atoms with E-state index in [1.54, 1.807) is 7.05 Å². The van der Waals surface area contributed by atoms with Crippen LogP contribution in [0.25, 0.3) is 22.6 Å². The Bertz CT molecular complexity index is 1920. The van der Waals surface area contributed by atoms with E-state index in [-0.39, 0.29) is 28.6 Å². The molecule has 1 unspecified atom stereocenters. The van der Waals surface area contributed by atoms with E-state index in [2.05, 4.69) is 32.2 Å². The number of nitrogens with one attached hydrogen (secondary N) is 1. The number of halogens is 1. The quantitative estimate of drug-likeness (QED) is 0.332. The Balaban J connectivity index is 1.39. The van der Waals surface area contributed by atoms with Gasteiger partial charge >= 0.3 is 5.69 Å². The van der Waals surface area contributed by atoms with Crippen molar-refractivity contribution in [2.75, 3.05) is 18.0 Å². The number of rotatable bonds is 4. The molecule has 0 bridgehead atoms. The van der Waals surface area contributed by atoms with E-state index in [0.29, 0.717) is 41.8 Å². The van der Waals surface area contributed by atoms with Gasteiger partial charge in [-0.05, 0) is 71.6 Å². The molecule has 44 heavy (non-hydrogen) atoms. The summed E-state index contributed by atoms with van der Waals surface area (Å²) in [6.07, 6.45) is 4.49. The average molecular weight is 612 g/mol. The van der Waals surface area contributed by atoms with Crippen molar-refractivity contribution in [2.45, 2.75) is 46.1 Å². The topological polar surface area (TPSA) is 89.2 Å². The molecule has 6 rings (SSSR count). The Labute approximate surface area is 262 Å². The molecule has 0 radical (unpaired) electrons. The molecule has 0 spiro atoms. The van der Waals surface area contributed by atoms with Gasteiger partial charge in [0.05, 0.1) is 16.8 Å². The van der Waals surface area contributed by atoms with Crippen molar-refractivity contribution in [1.29, 1.82) is 0 Å². The van der Waals surface area contributed by atoms with Crippen LogP contribution < -0.4 is 21.5 Å². The first-order valence-corrected chi connectivity index (χ1v) is 15.5. The average Bonchev–Trinajstić information content (AvgIpc) is 3.45. The number of carbonyl (C=O) groups excluding carboxylic acids is 1.